The van der Waals surface area contributed by atoms with E-state index < -0.39 is 0 Å². The topological polar surface area (TPSA) is 60.0 Å². The number of nitrogens with zero attached hydrogens (tertiary/aromatic N) is 3. The number of thiophene rings is 1. The van der Waals surface area contributed by atoms with Gasteiger partial charge < -0.3 is 20.4 Å². The van der Waals surface area contributed by atoms with Crippen molar-refractivity contribution >= 4 is 28.9 Å². The van der Waals surface area contributed by atoms with E-state index in [0.29, 0.717) is 12.5 Å². The monoisotopic (exact) mass is 385 g/mol. The number of carbonyl (C=O) groups excluding carboxylic acids is 1. The SMILES string of the molecule is CN=C(NCC(=O)N1CCN(c2ccccc2)CC1)NCc1ccc(C)s1. The number of carbonyl (C=O) groups is 1. The predicted octanol–water partition coefficient (Wildman–Crippen LogP) is 2.07. The number of aliphatic imine (C=N–C) groups is 1. The van der Waals surface area contributed by atoms with Crippen LogP contribution in [0.1, 0.15) is 9.75 Å². The maximum Gasteiger partial charge on any atom is 0.242 e. The summed E-state index contributed by atoms with van der Waals surface area (Å²) in [4.78, 5) is 23.5. The van der Waals surface area contributed by atoms with E-state index in [-0.39, 0.29) is 12.5 Å². The van der Waals surface area contributed by atoms with Crippen LogP contribution in [0.25, 0.3) is 0 Å². The van der Waals surface area contributed by atoms with E-state index in [0.717, 1.165) is 26.2 Å². The number of amides is 1. The molecule has 144 valence electrons. The molecule has 0 bridgehead atoms. The highest BCUT2D eigenvalue weighted by Crippen LogP contribution is 2.16. The fraction of sp³-hybridized carbons (Fsp3) is 0.400. The highest BCUT2D eigenvalue weighted by molar-refractivity contribution is 7.11. The number of rotatable bonds is 5. The molecule has 0 aliphatic carbocycles. The van der Waals surface area contributed by atoms with Gasteiger partial charge in [-0.25, -0.2) is 0 Å². The van der Waals surface area contributed by atoms with Crippen molar-refractivity contribution in [3.63, 3.8) is 0 Å². The zero-order valence-electron chi connectivity index (χ0n) is 15.9. The minimum absolute atomic E-state index is 0.109. The third kappa shape index (κ3) is 5.47. The average molecular weight is 386 g/mol. The Morgan fingerprint density at radius 1 is 1.07 bits per heavy atom. The van der Waals surface area contributed by atoms with Gasteiger partial charge >= 0.3 is 0 Å². The Morgan fingerprint density at radius 2 is 1.81 bits per heavy atom. The predicted molar refractivity (Wildman–Crippen MR) is 112 cm³/mol. The molecule has 0 spiro atoms. The molecule has 0 saturated carbocycles. The van der Waals surface area contributed by atoms with Gasteiger partial charge in [0.25, 0.3) is 0 Å². The molecule has 1 aliphatic heterocycles. The first-order valence-electron chi connectivity index (χ1n) is 9.23. The third-order valence-corrected chi connectivity index (χ3v) is 5.61. The summed E-state index contributed by atoms with van der Waals surface area (Å²) < 4.78 is 0. The van der Waals surface area contributed by atoms with E-state index in [9.17, 15) is 4.79 Å². The molecule has 1 saturated heterocycles. The number of nitrogens with one attached hydrogen (secondary N) is 2. The van der Waals surface area contributed by atoms with Gasteiger partial charge in [0, 0.05) is 48.7 Å². The molecule has 27 heavy (non-hydrogen) atoms. The second-order valence-electron chi connectivity index (χ2n) is 6.50. The molecule has 0 radical (unpaired) electrons. The Bertz CT molecular complexity index is 766. The van der Waals surface area contributed by atoms with Crippen molar-refractivity contribution in [2.75, 3.05) is 44.7 Å². The van der Waals surface area contributed by atoms with Gasteiger partial charge in [-0.15, -0.1) is 11.3 Å². The fourth-order valence-electron chi connectivity index (χ4n) is 3.10. The van der Waals surface area contributed by atoms with Crippen molar-refractivity contribution in [3.8, 4) is 0 Å². The standard InChI is InChI=1S/C20H27N5OS/c1-16-8-9-18(27-16)14-22-20(21-2)23-15-19(26)25-12-10-24(11-13-25)17-6-4-3-5-7-17/h3-9H,10-15H2,1-2H3,(H2,21,22,23). The molecule has 1 amide bonds. The number of hydrogen-bond acceptors (Lipinski definition) is 4. The molecule has 0 unspecified atom stereocenters. The van der Waals surface area contributed by atoms with Crippen molar-refractivity contribution < 1.29 is 4.79 Å². The maximum absolute atomic E-state index is 12.5. The summed E-state index contributed by atoms with van der Waals surface area (Å²) in [5.74, 6) is 0.759. The summed E-state index contributed by atoms with van der Waals surface area (Å²) in [5.41, 5.74) is 1.22. The highest BCUT2D eigenvalue weighted by Gasteiger charge is 2.21. The van der Waals surface area contributed by atoms with Crippen LogP contribution in [0, 0.1) is 6.92 Å². The first-order chi connectivity index (χ1) is 13.2. The molecule has 1 aliphatic rings. The first-order valence-corrected chi connectivity index (χ1v) is 10.0. The van der Waals surface area contributed by atoms with Gasteiger partial charge in [0.15, 0.2) is 5.96 Å². The molecular formula is C20H27N5OS. The fourth-order valence-corrected chi connectivity index (χ4v) is 3.93. The molecule has 3 rings (SSSR count). The summed E-state index contributed by atoms with van der Waals surface area (Å²) in [7, 11) is 1.72. The largest absolute Gasteiger partial charge is 0.368 e. The lowest BCUT2D eigenvalue weighted by atomic mass is 10.2. The van der Waals surface area contributed by atoms with Crippen molar-refractivity contribution in [2.24, 2.45) is 4.99 Å². The third-order valence-electron chi connectivity index (χ3n) is 4.61. The van der Waals surface area contributed by atoms with E-state index in [4.69, 9.17) is 0 Å². The van der Waals surface area contributed by atoms with E-state index in [1.54, 1.807) is 18.4 Å². The van der Waals surface area contributed by atoms with Crippen LogP contribution in [0.2, 0.25) is 0 Å². The van der Waals surface area contributed by atoms with Crippen molar-refractivity contribution in [3.05, 3.63) is 52.2 Å². The Morgan fingerprint density at radius 3 is 2.44 bits per heavy atom. The number of hydrogen-bond donors (Lipinski definition) is 2. The Kier molecular flexibility index (Phi) is 6.70. The molecule has 2 N–H and O–H groups in total. The number of benzene rings is 1. The zero-order chi connectivity index (χ0) is 19.1. The second-order valence-corrected chi connectivity index (χ2v) is 7.87. The number of para-hydroxylation sites is 1. The summed E-state index contributed by atoms with van der Waals surface area (Å²) in [6, 6.07) is 14.6. The van der Waals surface area contributed by atoms with Gasteiger partial charge in [-0.3, -0.25) is 9.79 Å². The van der Waals surface area contributed by atoms with Crippen LogP contribution in [0.5, 0.6) is 0 Å². The van der Waals surface area contributed by atoms with Gasteiger partial charge in [-0.1, -0.05) is 18.2 Å². The van der Waals surface area contributed by atoms with E-state index >= 15 is 0 Å². The van der Waals surface area contributed by atoms with E-state index in [1.807, 2.05) is 23.1 Å². The van der Waals surface area contributed by atoms with Crippen LogP contribution in [-0.2, 0) is 11.3 Å². The smallest absolute Gasteiger partial charge is 0.242 e. The average Bonchev–Trinajstić information content (AvgIpc) is 3.14. The highest BCUT2D eigenvalue weighted by atomic mass is 32.1. The lowest BCUT2D eigenvalue weighted by Crippen LogP contribution is -2.52. The van der Waals surface area contributed by atoms with Gasteiger partial charge in [0.05, 0.1) is 13.1 Å². The van der Waals surface area contributed by atoms with Gasteiger partial charge in [-0.05, 0) is 31.2 Å². The Labute approximate surface area is 164 Å². The zero-order valence-corrected chi connectivity index (χ0v) is 16.8. The van der Waals surface area contributed by atoms with E-state index in [1.165, 1.54) is 15.4 Å². The summed E-state index contributed by atoms with van der Waals surface area (Å²) >= 11 is 1.76. The number of piperazine rings is 1. The molecule has 2 aromatic rings. The number of guanidine groups is 1. The van der Waals surface area contributed by atoms with E-state index in [2.05, 4.69) is 51.7 Å². The lowest BCUT2D eigenvalue weighted by molar-refractivity contribution is -0.130. The molecule has 0 atom stereocenters. The minimum atomic E-state index is 0.109. The number of aryl methyl sites for hydroxylation is 1. The van der Waals surface area contributed by atoms with Gasteiger partial charge in [-0.2, -0.15) is 0 Å². The maximum atomic E-state index is 12.5. The molecule has 6 nitrogen and oxygen atoms in total. The summed E-state index contributed by atoms with van der Waals surface area (Å²) in [6.45, 7) is 6.28. The van der Waals surface area contributed by atoms with Gasteiger partial charge in [0.2, 0.25) is 5.91 Å². The van der Waals surface area contributed by atoms with Crippen LogP contribution in [0.15, 0.2) is 47.5 Å². The van der Waals surface area contributed by atoms with Gasteiger partial charge in [0.1, 0.15) is 0 Å². The van der Waals surface area contributed by atoms with Crippen molar-refractivity contribution in [1.82, 2.24) is 15.5 Å². The van der Waals surface area contributed by atoms with Crippen LogP contribution in [-0.4, -0.2) is 56.5 Å². The second kappa shape index (κ2) is 9.41. The summed E-state index contributed by atoms with van der Waals surface area (Å²) in [5, 5.41) is 6.38. The normalized spacial score (nSPS) is 15.0. The first kappa shape index (κ1) is 19.2. The quantitative estimate of drug-likeness (QED) is 0.611. The molecule has 1 aromatic heterocycles. The Balaban J connectivity index is 1.41. The molecule has 1 fully saturated rings. The lowest BCUT2D eigenvalue weighted by Gasteiger charge is -2.36. The molecular weight excluding hydrogens is 358 g/mol. The molecule has 7 heteroatoms. The van der Waals surface area contributed by atoms with Crippen LogP contribution < -0.4 is 15.5 Å². The van der Waals surface area contributed by atoms with Crippen LogP contribution in [0.3, 0.4) is 0 Å². The minimum Gasteiger partial charge on any atom is -0.368 e. The Hall–Kier alpha value is -2.54. The molecule has 2 heterocycles. The van der Waals surface area contributed by atoms with Crippen LogP contribution >= 0.6 is 11.3 Å². The number of anilines is 1. The van der Waals surface area contributed by atoms with Crippen molar-refractivity contribution in [1.29, 1.82) is 0 Å². The van der Waals surface area contributed by atoms with Crippen molar-refractivity contribution in [2.45, 2.75) is 13.5 Å². The molecule has 1 aromatic carbocycles. The summed E-state index contributed by atoms with van der Waals surface area (Å²) in [6.07, 6.45) is 0. The van der Waals surface area contributed by atoms with Crippen LogP contribution in [0.4, 0.5) is 5.69 Å².